The van der Waals surface area contributed by atoms with Crippen LogP contribution in [0.3, 0.4) is 0 Å². The highest BCUT2D eigenvalue weighted by atomic mass is 16.3. The molecule has 0 spiro atoms. The molecule has 4 nitrogen and oxygen atoms in total. The molecule has 2 aromatic rings. The molecule has 0 saturated carbocycles. The summed E-state index contributed by atoms with van der Waals surface area (Å²) < 4.78 is 0. The Bertz CT molecular complexity index is 433. The van der Waals surface area contributed by atoms with Crippen LogP contribution >= 0.6 is 0 Å². The molecule has 0 amide bonds. The number of pyridine rings is 1. The molecule has 0 aliphatic heterocycles. The SMILES string of the molecule is Cc1cnc2nc([C@H](C)O)[nH]c2c1. The average molecular weight is 177 g/mol. The quantitative estimate of drug-likeness (QED) is 0.690. The molecule has 0 aliphatic carbocycles. The number of nitrogens with one attached hydrogen (secondary N) is 1. The summed E-state index contributed by atoms with van der Waals surface area (Å²) in [5.74, 6) is 0.563. The van der Waals surface area contributed by atoms with Crippen molar-refractivity contribution in [3.8, 4) is 0 Å². The first-order chi connectivity index (χ1) is 6.16. The minimum Gasteiger partial charge on any atom is -0.385 e. The normalized spacial score (nSPS) is 13.5. The molecule has 4 heteroatoms. The molecule has 0 aromatic carbocycles. The van der Waals surface area contributed by atoms with Gasteiger partial charge in [-0.15, -0.1) is 0 Å². The highest BCUT2D eigenvalue weighted by molar-refractivity contribution is 5.70. The van der Waals surface area contributed by atoms with Gasteiger partial charge in [-0.3, -0.25) is 0 Å². The molecule has 0 saturated heterocycles. The van der Waals surface area contributed by atoms with Crippen LogP contribution < -0.4 is 0 Å². The number of aryl methyl sites for hydroxylation is 1. The maximum Gasteiger partial charge on any atom is 0.177 e. The first-order valence-corrected chi connectivity index (χ1v) is 4.17. The van der Waals surface area contributed by atoms with E-state index in [0.29, 0.717) is 11.5 Å². The molecule has 0 unspecified atom stereocenters. The number of nitrogens with zero attached hydrogens (tertiary/aromatic N) is 2. The lowest BCUT2D eigenvalue weighted by Crippen LogP contribution is -1.92. The average Bonchev–Trinajstić information content (AvgIpc) is 2.46. The molecule has 2 aromatic heterocycles. The highest BCUT2D eigenvalue weighted by Gasteiger charge is 2.07. The highest BCUT2D eigenvalue weighted by Crippen LogP contribution is 2.14. The van der Waals surface area contributed by atoms with Gasteiger partial charge in [-0.2, -0.15) is 0 Å². The van der Waals surface area contributed by atoms with Crippen molar-refractivity contribution in [1.82, 2.24) is 15.0 Å². The molecule has 0 bridgehead atoms. The maximum atomic E-state index is 9.27. The lowest BCUT2D eigenvalue weighted by atomic mass is 10.3. The van der Waals surface area contributed by atoms with Gasteiger partial charge in [0.25, 0.3) is 0 Å². The van der Waals surface area contributed by atoms with Gasteiger partial charge >= 0.3 is 0 Å². The summed E-state index contributed by atoms with van der Waals surface area (Å²) >= 11 is 0. The van der Waals surface area contributed by atoms with Crippen molar-refractivity contribution in [1.29, 1.82) is 0 Å². The van der Waals surface area contributed by atoms with E-state index in [1.54, 1.807) is 13.1 Å². The summed E-state index contributed by atoms with van der Waals surface area (Å²) in [5, 5.41) is 9.27. The molecule has 2 N–H and O–H groups in total. The minimum absolute atomic E-state index is 0.563. The molecule has 0 fully saturated rings. The lowest BCUT2D eigenvalue weighted by molar-refractivity contribution is 0.190. The number of rotatable bonds is 1. The predicted octanol–water partition coefficient (Wildman–Crippen LogP) is 1.32. The molecular formula is C9H11N3O. The largest absolute Gasteiger partial charge is 0.385 e. The van der Waals surface area contributed by atoms with Gasteiger partial charge in [0.15, 0.2) is 5.65 Å². The first kappa shape index (κ1) is 8.19. The third-order valence-corrected chi connectivity index (χ3v) is 1.89. The van der Waals surface area contributed by atoms with Crippen molar-refractivity contribution in [2.75, 3.05) is 0 Å². The van der Waals surface area contributed by atoms with E-state index < -0.39 is 6.10 Å². The fourth-order valence-electron chi connectivity index (χ4n) is 1.22. The predicted molar refractivity (Wildman–Crippen MR) is 49.3 cm³/mol. The van der Waals surface area contributed by atoms with E-state index in [1.165, 1.54) is 0 Å². The van der Waals surface area contributed by atoms with Gasteiger partial charge in [0.05, 0.1) is 5.52 Å². The van der Waals surface area contributed by atoms with Gasteiger partial charge in [-0.25, -0.2) is 9.97 Å². The van der Waals surface area contributed by atoms with E-state index in [0.717, 1.165) is 11.1 Å². The summed E-state index contributed by atoms with van der Waals surface area (Å²) in [6, 6.07) is 1.96. The molecule has 13 heavy (non-hydrogen) atoms. The van der Waals surface area contributed by atoms with Crippen molar-refractivity contribution in [2.45, 2.75) is 20.0 Å². The van der Waals surface area contributed by atoms with Crippen molar-refractivity contribution < 1.29 is 5.11 Å². The van der Waals surface area contributed by atoms with E-state index in [-0.39, 0.29) is 0 Å². The lowest BCUT2D eigenvalue weighted by Gasteiger charge is -1.94. The maximum absolute atomic E-state index is 9.27. The Balaban J connectivity index is 2.62. The molecule has 0 radical (unpaired) electrons. The first-order valence-electron chi connectivity index (χ1n) is 4.17. The Kier molecular flexibility index (Phi) is 1.77. The van der Waals surface area contributed by atoms with Gasteiger partial charge in [-0.05, 0) is 25.5 Å². The summed E-state index contributed by atoms with van der Waals surface area (Å²) in [6.07, 6.45) is 1.18. The van der Waals surface area contributed by atoms with E-state index >= 15 is 0 Å². The second-order valence-electron chi connectivity index (χ2n) is 3.18. The number of hydrogen-bond acceptors (Lipinski definition) is 3. The zero-order chi connectivity index (χ0) is 9.42. The van der Waals surface area contributed by atoms with E-state index in [2.05, 4.69) is 15.0 Å². The topological polar surface area (TPSA) is 61.8 Å². The number of aromatic amines is 1. The van der Waals surface area contributed by atoms with Crippen LogP contribution in [0.5, 0.6) is 0 Å². The number of aliphatic hydroxyl groups is 1. The van der Waals surface area contributed by atoms with E-state index in [1.807, 2.05) is 13.0 Å². The van der Waals surface area contributed by atoms with Crippen LogP contribution in [0.1, 0.15) is 24.4 Å². The van der Waals surface area contributed by atoms with Crippen molar-refractivity contribution in [3.05, 3.63) is 23.7 Å². The third kappa shape index (κ3) is 1.40. The second-order valence-corrected chi connectivity index (χ2v) is 3.18. The number of imidazole rings is 1. The number of hydrogen-bond donors (Lipinski definition) is 2. The van der Waals surface area contributed by atoms with Crippen LogP contribution in [-0.2, 0) is 0 Å². The molecule has 2 heterocycles. The van der Waals surface area contributed by atoms with E-state index in [9.17, 15) is 5.11 Å². The van der Waals surface area contributed by atoms with Crippen molar-refractivity contribution >= 4 is 11.2 Å². The summed E-state index contributed by atoms with van der Waals surface area (Å²) in [4.78, 5) is 11.3. The van der Waals surface area contributed by atoms with Crippen LogP contribution in [0, 0.1) is 6.92 Å². The molecule has 1 atom stereocenters. The van der Waals surface area contributed by atoms with Gasteiger partial charge in [-0.1, -0.05) is 0 Å². The molecular weight excluding hydrogens is 166 g/mol. The van der Waals surface area contributed by atoms with Gasteiger partial charge in [0.2, 0.25) is 0 Å². The Morgan fingerprint density at radius 3 is 3.00 bits per heavy atom. The minimum atomic E-state index is -0.575. The Hall–Kier alpha value is -1.42. The molecule has 2 rings (SSSR count). The standard InChI is InChI=1S/C9H11N3O/c1-5-3-7-9(10-4-5)12-8(11-7)6(2)13/h3-4,6,13H,1-2H3,(H,10,11,12)/t6-/m0/s1. The van der Waals surface area contributed by atoms with Crippen molar-refractivity contribution in [3.63, 3.8) is 0 Å². The fraction of sp³-hybridized carbons (Fsp3) is 0.333. The summed E-state index contributed by atoms with van der Waals surface area (Å²) in [5.41, 5.74) is 2.60. The number of aromatic nitrogens is 3. The Labute approximate surface area is 75.7 Å². The number of H-pyrrole nitrogens is 1. The second kappa shape index (κ2) is 2.81. The third-order valence-electron chi connectivity index (χ3n) is 1.89. The van der Waals surface area contributed by atoms with Crippen LogP contribution in [0.15, 0.2) is 12.3 Å². The van der Waals surface area contributed by atoms with Gasteiger partial charge in [0.1, 0.15) is 11.9 Å². The van der Waals surface area contributed by atoms with Crippen LogP contribution in [0.2, 0.25) is 0 Å². The molecule has 68 valence electrons. The Morgan fingerprint density at radius 1 is 1.54 bits per heavy atom. The van der Waals surface area contributed by atoms with E-state index in [4.69, 9.17) is 0 Å². The van der Waals surface area contributed by atoms with Crippen LogP contribution in [0.4, 0.5) is 0 Å². The van der Waals surface area contributed by atoms with Gasteiger partial charge in [0, 0.05) is 6.20 Å². The van der Waals surface area contributed by atoms with Gasteiger partial charge < -0.3 is 10.1 Å². The Morgan fingerprint density at radius 2 is 2.31 bits per heavy atom. The summed E-state index contributed by atoms with van der Waals surface area (Å²) in [7, 11) is 0. The summed E-state index contributed by atoms with van der Waals surface area (Å²) in [6.45, 7) is 3.64. The van der Waals surface area contributed by atoms with Crippen LogP contribution in [0.25, 0.3) is 11.2 Å². The number of aliphatic hydroxyl groups excluding tert-OH is 1. The smallest absolute Gasteiger partial charge is 0.177 e. The van der Waals surface area contributed by atoms with Crippen LogP contribution in [-0.4, -0.2) is 20.1 Å². The van der Waals surface area contributed by atoms with Crippen molar-refractivity contribution in [2.24, 2.45) is 0 Å². The zero-order valence-electron chi connectivity index (χ0n) is 7.57. The number of fused-ring (bicyclic) bond motifs is 1. The fourth-order valence-corrected chi connectivity index (χ4v) is 1.22. The zero-order valence-corrected chi connectivity index (χ0v) is 7.57. The monoisotopic (exact) mass is 177 g/mol. The molecule has 0 aliphatic rings.